The van der Waals surface area contributed by atoms with Gasteiger partial charge in [-0.2, -0.15) is 4.98 Å². The van der Waals surface area contributed by atoms with Gasteiger partial charge < -0.3 is 14.3 Å². The van der Waals surface area contributed by atoms with Crippen molar-refractivity contribution < 1.29 is 14.3 Å². The topological polar surface area (TPSA) is 90.4 Å². The van der Waals surface area contributed by atoms with E-state index >= 15 is 0 Å². The Morgan fingerprint density at radius 2 is 2.06 bits per heavy atom. The Kier molecular flexibility index (Phi) is 4.24. The Morgan fingerprint density at radius 3 is 2.88 bits per heavy atom. The van der Waals surface area contributed by atoms with Crippen LogP contribution in [-0.2, 0) is 0 Å². The maximum absolute atomic E-state index is 13.1. The van der Waals surface area contributed by atoms with Gasteiger partial charge >= 0.3 is 5.69 Å². The van der Waals surface area contributed by atoms with E-state index < -0.39 is 5.69 Å². The molecule has 0 bridgehead atoms. The highest BCUT2D eigenvalue weighted by Gasteiger charge is 2.18. The molecule has 0 fully saturated rings. The number of hydrogen-bond donors (Lipinski definition) is 1. The third kappa shape index (κ3) is 2.99. The number of thiophene rings is 1. The molecule has 6 rings (SSSR count). The lowest BCUT2D eigenvalue weighted by Gasteiger charge is -2.14. The smallest absolute Gasteiger partial charge is 0.353 e. The highest BCUT2D eigenvalue weighted by Crippen LogP contribution is 2.33. The van der Waals surface area contributed by atoms with Crippen LogP contribution in [0.25, 0.3) is 43.7 Å². The minimum atomic E-state index is -0.423. The number of aliphatic hydroxyl groups excluding tert-OH is 1. The van der Waals surface area contributed by atoms with Crippen molar-refractivity contribution in [3.8, 4) is 17.2 Å². The van der Waals surface area contributed by atoms with Gasteiger partial charge in [0.2, 0.25) is 0 Å². The molecule has 0 radical (unpaired) electrons. The summed E-state index contributed by atoms with van der Waals surface area (Å²) >= 11 is 1.32. The molecule has 0 saturated carbocycles. The van der Waals surface area contributed by atoms with Crippen molar-refractivity contribution in [1.82, 2.24) is 14.5 Å². The van der Waals surface area contributed by atoms with Crippen molar-refractivity contribution in [2.24, 2.45) is 0 Å². The molecule has 8 heteroatoms. The average Bonchev–Trinajstić information content (AvgIpc) is 3.41. The number of para-hydroxylation sites is 1. The molecular weight excluding hydrogens is 438 g/mol. The molecule has 4 heterocycles. The summed E-state index contributed by atoms with van der Waals surface area (Å²) in [6, 6.07) is 14.9. The van der Waals surface area contributed by atoms with E-state index in [0.29, 0.717) is 38.3 Å². The lowest BCUT2D eigenvalue weighted by molar-refractivity contribution is 0.472. The second kappa shape index (κ2) is 7.18. The molecule has 0 aliphatic heterocycles. The fraction of sp³-hybridized carbons (Fsp3) is 0.0800. The monoisotopic (exact) mass is 455 g/mol. The van der Waals surface area contributed by atoms with Gasteiger partial charge in [-0.1, -0.05) is 12.1 Å². The number of hydrogen-bond acceptors (Lipinski definition) is 7. The van der Waals surface area contributed by atoms with Crippen LogP contribution in [0.5, 0.6) is 11.5 Å². The number of aromatic nitrogens is 3. The number of furan rings is 1. The van der Waals surface area contributed by atoms with Crippen LogP contribution in [0.15, 0.2) is 70.2 Å². The molecule has 4 aromatic heterocycles. The first-order chi connectivity index (χ1) is 16.0. The molecule has 33 heavy (non-hydrogen) atoms. The number of rotatable bonds is 3. The zero-order valence-electron chi connectivity index (χ0n) is 17.7. The van der Waals surface area contributed by atoms with Crippen molar-refractivity contribution in [2.75, 3.05) is 0 Å². The summed E-state index contributed by atoms with van der Waals surface area (Å²) in [7, 11) is 0. The average molecular weight is 455 g/mol. The van der Waals surface area contributed by atoms with E-state index in [2.05, 4.69) is 9.97 Å². The molecule has 0 atom stereocenters. The third-order valence-electron chi connectivity index (χ3n) is 5.59. The quantitative estimate of drug-likeness (QED) is 0.392. The van der Waals surface area contributed by atoms with Crippen molar-refractivity contribution in [3.63, 3.8) is 0 Å². The first-order valence-electron chi connectivity index (χ1n) is 10.3. The van der Waals surface area contributed by atoms with Crippen LogP contribution in [0, 0.1) is 6.92 Å². The molecular formula is C25H17N3O4S. The molecule has 0 aliphatic rings. The van der Waals surface area contributed by atoms with Crippen LogP contribution in [0.4, 0.5) is 0 Å². The zero-order valence-corrected chi connectivity index (χ0v) is 18.5. The molecule has 6 aromatic rings. The first kappa shape index (κ1) is 19.5. The Labute approximate surface area is 190 Å². The third-order valence-corrected chi connectivity index (χ3v) is 6.79. The van der Waals surface area contributed by atoms with Crippen LogP contribution >= 0.6 is 11.3 Å². The minimum absolute atomic E-state index is 0.119. The number of benzene rings is 2. The number of aliphatic hydroxyl groups is 1. The van der Waals surface area contributed by atoms with Gasteiger partial charge in [0, 0.05) is 11.6 Å². The van der Waals surface area contributed by atoms with Crippen LogP contribution in [0.2, 0.25) is 0 Å². The molecule has 1 N–H and O–H groups in total. The SMILES string of the molecule is CC(O)=c1sc2nccc3c2c1nc(=O)n3-c1ccc(Oc2cccc3ccoc23)cc1C. The van der Waals surface area contributed by atoms with E-state index in [-0.39, 0.29) is 5.76 Å². The van der Waals surface area contributed by atoms with E-state index in [0.717, 1.165) is 21.2 Å². The Morgan fingerprint density at radius 1 is 1.18 bits per heavy atom. The predicted octanol–water partition coefficient (Wildman–Crippen LogP) is 5.25. The van der Waals surface area contributed by atoms with Gasteiger partial charge in [-0.05, 0) is 55.8 Å². The van der Waals surface area contributed by atoms with Crippen molar-refractivity contribution in [3.05, 3.63) is 81.6 Å². The zero-order chi connectivity index (χ0) is 22.7. The Bertz CT molecular complexity index is 1810. The van der Waals surface area contributed by atoms with Gasteiger partial charge in [-0.25, -0.2) is 9.78 Å². The summed E-state index contributed by atoms with van der Waals surface area (Å²) in [6.07, 6.45) is 3.30. The summed E-state index contributed by atoms with van der Waals surface area (Å²) in [4.78, 5) is 22.6. The van der Waals surface area contributed by atoms with Crippen molar-refractivity contribution >= 4 is 49.3 Å². The van der Waals surface area contributed by atoms with Crippen LogP contribution in [0.3, 0.4) is 0 Å². The molecule has 2 aromatic carbocycles. The maximum atomic E-state index is 13.1. The molecule has 0 amide bonds. The molecule has 0 unspecified atom stereocenters. The van der Waals surface area contributed by atoms with E-state index in [1.54, 1.807) is 30.0 Å². The van der Waals surface area contributed by atoms with Gasteiger partial charge in [0.15, 0.2) is 11.3 Å². The van der Waals surface area contributed by atoms with Crippen LogP contribution < -0.4 is 15.0 Å². The predicted molar refractivity (Wildman–Crippen MR) is 128 cm³/mol. The number of aryl methyl sites for hydroxylation is 1. The minimum Gasteiger partial charge on any atom is -0.511 e. The standard InChI is InChI=1S/C25H17N3O4S/c1-13-12-16(32-19-5-3-4-15-9-11-31-22(15)19)6-7-17(13)28-18-8-10-26-24-20(18)21(27-25(28)30)23(33-24)14(2)29/h3-12,29H,1-2H3. The lowest BCUT2D eigenvalue weighted by atomic mass is 10.1. The molecule has 7 nitrogen and oxygen atoms in total. The number of fused-ring (bicyclic) bond motifs is 1. The number of pyridine rings is 1. The molecule has 0 spiro atoms. The number of ether oxygens (including phenoxy) is 1. The fourth-order valence-electron chi connectivity index (χ4n) is 4.13. The normalized spacial score (nSPS) is 12.7. The molecule has 0 aliphatic carbocycles. The summed E-state index contributed by atoms with van der Waals surface area (Å²) in [5.74, 6) is 1.37. The van der Waals surface area contributed by atoms with Gasteiger partial charge in [-0.3, -0.25) is 4.57 Å². The highest BCUT2D eigenvalue weighted by molar-refractivity contribution is 7.17. The van der Waals surface area contributed by atoms with Gasteiger partial charge in [0.1, 0.15) is 21.9 Å². The second-order valence-electron chi connectivity index (χ2n) is 7.75. The highest BCUT2D eigenvalue weighted by atomic mass is 32.1. The second-order valence-corrected chi connectivity index (χ2v) is 8.75. The van der Waals surface area contributed by atoms with Crippen molar-refractivity contribution in [2.45, 2.75) is 13.8 Å². The van der Waals surface area contributed by atoms with Gasteiger partial charge in [0.05, 0.1) is 27.4 Å². The fourth-order valence-corrected chi connectivity index (χ4v) is 5.13. The molecule has 0 saturated heterocycles. The van der Waals surface area contributed by atoms with E-state index in [1.165, 1.54) is 11.3 Å². The van der Waals surface area contributed by atoms with Crippen LogP contribution in [0.1, 0.15) is 12.5 Å². The van der Waals surface area contributed by atoms with E-state index in [4.69, 9.17) is 9.15 Å². The maximum Gasteiger partial charge on any atom is 0.353 e. The first-order valence-corrected chi connectivity index (χ1v) is 11.1. The van der Waals surface area contributed by atoms with Gasteiger partial charge in [0.25, 0.3) is 0 Å². The lowest BCUT2D eigenvalue weighted by Crippen LogP contribution is -2.23. The van der Waals surface area contributed by atoms with Crippen LogP contribution in [-0.4, -0.2) is 19.6 Å². The van der Waals surface area contributed by atoms with E-state index in [9.17, 15) is 9.90 Å². The molecule has 162 valence electrons. The summed E-state index contributed by atoms with van der Waals surface area (Å²) in [5, 5.41) is 11.8. The van der Waals surface area contributed by atoms with Crippen molar-refractivity contribution in [1.29, 1.82) is 0 Å². The number of nitrogens with zero attached hydrogens (tertiary/aromatic N) is 3. The van der Waals surface area contributed by atoms with E-state index in [1.807, 2.05) is 49.4 Å². The largest absolute Gasteiger partial charge is 0.511 e. The summed E-state index contributed by atoms with van der Waals surface area (Å²) in [6.45, 7) is 3.50. The summed E-state index contributed by atoms with van der Waals surface area (Å²) in [5.41, 5.74) is 2.96. The summed E-state index contributed by atoms with van der Waals surface area (Å²) < 4.78 is 13.8. The Balaban J connectivity index is 1.51. The van der Waals surface area contributed by atoms with Gasteiger partial charge in [-0.15, -0.1) is 11.3 Å². The Hall–Kier alpha value is -4.17.